The number of anilines is 1. The van der Waals surface area contributed by atoms with Crippen molar-refractivity contribution < 1.29 is 9.18 Å². The van der Waals surface area contributed by atoms with E-state index in [1.54, 1.807) is 11.6 Å². The van der Waals surface area contributed by atoms with Gasteiger partial charge in [-0.1, -0.05) is 39.0 Å². The molecule has 8 heteroatoms. The zero-order chi connectivity index (χ0) is 13.0. The molecule has 1 N–H and O–H groups in total. The summed E-state index contributed by atoms with van der Waals surface area (Å²) < 4.78 is 14.8. The predicted octanol–water partition coefficient (Wildman–Crippen LogP) is 3.17. The molecule has 0 spiro atoms. The van der Waals surface area contributed by atoms with Gasteiger partial charge in [-0.05, 0) is 18.2 Å². The average molecular weight is 348 g/mol. The molecule has 0 aliphatic carbocycles. The lowest BCUT2D eigenvalue weighted by molar-refractivity contribution is -0.113. The van der Waals surface area contributed by atoms with Crippen LogP contribution in [-0.4, -0.2) is 21.9 Å². The molecule has 0 saturated carbocycles. The Balaban J connectivity index is 1.91. The van der Waals surface area contributed by atoms with Crippen molar-refractivity contribution in [3.05, 3.63) is 34.0 Å². The average Bonchev–Trinajstić information content (AvgIpc) is 2.83. The molecule has 0 atom stereocenters. The van der Waals surface area contributed by atoms with Crippen molar-refractivity contribution in [1.82, 2.24) is 10.2 Å². The number of aromatic nitrogens is 2. The summed E-state index contributed by atoms with van der Waals surface area (Å²) in [4.78, 5) is 11.6. The molecule has 4 nitrogen and oxygen atoms in total. The highest BCUT2D eigenvalue weighted by atomic mass is 79.9. The Morgan fingerprint density at radius 1 is 1.56 bits per heavy atom. The fraction of sp³-hybridized carbons (Fsp3) is 0.100. The van der Waals surface area contributed by atoms with Gasteiger partial charge in [-0.25, -0.2) is 4.39 Å². The maximum Gasteiger partial charge on any atom is 0.234 e. The Bertz CT molecular complexity index is 550. The first-order valence-electron chi connectivity index (χ1n) is 4.79. The summed E-state index contributed by atoms with van der Waals surface area (Å²) in [6, 6.07) is 4.47. The van der Waals surface area contributed by atoms with Gasteiger partial charge in [0.15, 0.2) is 4.34 Å². The lowest BCUT2D eigenvalue weighted by atomic mass is 10.3. The number of hydrogen-bond acceptors (Lipinski definition) is 5. The first kappa shape index (κ1) is 13.4. The standard InChI is InChI=1S/C10H7BrFN3OS2/c11-6-1-2-8(7(12)3-6)14-9(16)4-17-10-15-13-5-18-10/h1-3,5H,4H2,(H,14,16). The normalized spacial score (nSPS) is 10.3. The van der Waals surface area contributed by atoms with Crippen molar-refractivity contribution >= 4 is 50.6 Å². The second-order valence-corrected chi connectivity index (χ2v) is 6.14. The molecule has 0 fully saturated rings. The summed E-state index contributed by atoms with van der Waals surface area (Å²) in [7, 11) is 0. The number of thioether (sulfide) groups is 1. The van der Waals surface area contributed by atoms with Gasteiger partial charge >= 0.3 is 0 Å². The number of carbonyl (C=O) groups is 1. The molecule has 0 unspecified atom stereocenters. The molecule has 2 aromatic rings. The van der Waals surface area contributed by atoms with Crippen molar-refractivity contribution in [2.24, 2.45) is 0 Å². The summed E-state index contributed by atoms with van der Waals surface area (Å²) in [5.41, 5.74) is 1.76. The monoisotopic (exact) mass is 347 g/mol. The smallest absolute Gasteiger partial charge is 0.234 e. The van der Waals surface area contributed by atoms with E-state index in [-0.39, 0.29) is 17.3 Å². The largest absolute Gasteiger partial charge is 0.323 e. The predicted molar refractivity (Wildman–Crippen MR) is 73.4 cm³/mol. The van der Waals surface area contributed by atoms with Crippen LogP contribution in [0.5, 0.6) is 0 Å². The molecule has 94 valence electrons. The molecule has 2 rings (SSSR count). The second-order valence-electron chi connectivity index (χ2n) is 3.17. The van der Waals surface area contributed by atoms with Crippen LogP contribution in [0.4, 0.5) is 10.1 Å². The van der Waals surface area contributed by atoms with Crippen LogP contribution in [-0.2, 0) is 4.79 Å². The summed E-state index contributed by atoms with van der Waals surface area (Å²) >= 11 is 5.77. The van der Waals surface area contributed by atoms with Crippen LogP contribution < -0.4 is 5.32 Å². The minimum Gasteiger partial charge on any atom is -0.323 e. The number of nitrogens with zero attached hydrogens (tertiary/aromatic N) is 2. The molecule has 0 saturated heterocycles. The lowest BCUT2D eigenvalue weighted by Crippen LogP contribution is -2.14. The molecule has 1 amide bonds. The highest BCUT2D eigenvalue weighted by Crippen LogP contribution is 2.21. The Kier molecular flexibility index (Phi) is 4.67. The fourth-order valence-corrected chi connectivity index (χ4v) is 2.75. The van der Waals surface area contributed by atoms with Crippen LogP contribution in [0.1, 0.15) is 0 Å². The summed E-state index contributed by atoms with van der Waals surface area (Å²) in [5, 5.41) is 9.95. The highest BCUT2D eigenvalue weighted by Gasteiger charge is 2.09. The Hall–Kier alpha value is -0.990. The zero-order valence-electron chi connectivity index (χ0n) is 8.89. The number of carbonyl (C=O) groups excluding carboxylic acids is 1. The number of halogens is 2. The number of rotatable bonds is 4. The van der Waals surface area contributed by atoms with Crippen LogP contribution in [0.2, 0.25) is 0 Å². The van der Waals surface area contributed by atoms with E-state index in [0.29, 0.717) is 8.81 Å². The third kappa shape index (κ3) is 3.76. The summed E-state index contributed by atoms with van der Waals surface area (Å²) in [5.74, 6) is -0.583. The van der Waals surface area contributed by atoms with Crippen LogP contribution in [0.3, 0.4) is 0 Å². The topological polar surface area (TPSA) is 54.9 Å². The third-order valence-electron chi connectivity index (χ3n) is 1.87. The molecule has 0 radical (unpaired) electrons. The highest BCUT2D eigenvalue weighted by molar-refractivity contribution is 9.10. The van der Waals surface area contributed by atoms with Crippen molar-refractivity contribution in [2.45, 2.75) is 4.34 Å². The summed E-state index contributed by atoms with van der Waals surface area (Å²) in [6.07, 6.45) is 0. The molecule has 0 aliphatic rings. The molecule has 1 aromatic carbocycles. The number of benzene rings is 1. The molecule has 1 aromatic heterocycles. The first-order chi connectivity index (χ1) is 8.65. The van der Waals surface area contributed by atoms with Crippen LogP contribution >= 0.6 is 39.0 Å². The van der Waals surface area contributed by atoms with E-state index in [1.807, 2.05) is 0 Å². The Morgan fingerprint density at radius 2 is 2.39 bits per heavy atom. The van der Waals surface area contributed by atoms with E-state index in [9.17, 15) is 9.18 Å². The van der Waals surface area contributed by atoms with E-state index >= 15 is 0 Å². The van der Waals surface area contributed by atoms with Crippen molar-refractivity contribution in [1.29, 1.82) is 0 Å². The van der Waals surface area contributed by atoms with Gasteiger partial charge < -0.3 is 5.32 Å². The molecule has 0 aliphatic heterocycles. The number of nitrogens with one attached hydrogen (secondary N) is 1. The maximum atomic E-state index is 13.5. The van der Waals surface area contributed by atoms with Crippen molar-refractivity contribution in [2.75, 3.05) is 11.1 Å². The van der Waals surface area contributed by atoms with Crippen LogP contribution in [0.15, 0.2) is 32.5 Å². The number of hydrogen-bond donors (Lipinski definition) is 1. The molecule has 0 bridgehead atoms. The van der Waals surface area contributed by atoms with E-state index in [0.717, 1.165) is 0 Å². The van der Waals surface area contributed by atoms with Gasteiger partial charge in [0.1, 0.15) is 11.3 Å². The van der Waals surface area contributed by atoms with E-state index < -0.39 is 5.82 Å². The van der Waals surface area contributed by atoms with Gasteiger partial charge in [-0.15, -0.1) is 10.2 Å². The molecule has 1 heterocycles. The summed E-state index contributed by atoms with van der Waals surface area (Å²) in [6.45, 7) is 0. The van der Waals surface area contributed by atoms with Gasteiger partial charge in [0.2, 0.25) is 5.91 Å². The van der Waals surface area contributed by atoms with Crippen LogP contribution in [0.25, 0.3) is 0 Å². The van der Waals surface area contributed by atoms with E-state index in [2.05, 4.69) is 31.4 Å². The Morgan fingerprint density at radius 3 is 3.06 bits per heavy atom. The van der Waals surface area contributed by atoms with Gasteiger partial charge in [0.25, 0.3) is 0 Å². The minimum absolute atomic E-state index is 0.168. The van der Waals surface area contributed by atoms with E-state index in [1.165, 1.54) is 35.2 Å². The molecular formula is C10H7BrFN3OS2. The van der Waals surface area contributed by atoms with Gasteiger partial charge in [-0.2, -0.15) is 0 Å². The molecular weight excluding hydrogens is 341 g/mol. The van der Waals surface area contributed by atoms with Crippen molar-refractivity contribution in [3.63, 3.8) is 0 Å². The quantitative estimate of drug-likeness (QED) is 0.863. The zero-order valence-corrected chi connectivity index (χ0v) is 12.1. The second kappa shape index (κ2) is 6.26. The lowest BCUT2D eigenvalue weighted by Gasteiger charge is -2.05. The molecule has 18 heavy (non-hydrogen) atoms. The van der Waals surface area contributed by atoms with Gasteiger partial charge in [0.05, 0.1) is 11.4 Å². The van der Waals surface area contributed by atoms with Crippen LogP contribution in [0, 0.1) is 5.82 Å². The van der Waals surface area contributed by atoms with Gasteiger partial charge in [0, 0.05) is 4.47 Å². The fourth-order valence-electron chi connectivity index (χ4n) is 1.13. The third-order valence-corrected chi connectivity index (χ3v) is 4.23. The van der Waals surface area contributed by atoms with E-state index in [4.69, 9.17) is 0 Å². The SMILES string of the molecule is O=C(CSc1nncs1)Nc1ccc(Br)cc1F. The van der Waals surface area contributed by atoms with Gasteiger partial charge in [-0.3, -0.25) is 4.79 Å². The van der Waals surface area contributed by atoms with Crippen molar-refractivity contribution in [3.8, 4) is 0 Å². The first-order valence-corrected chi connectivity index (χ1v) is 7.45. The minimum atomic E-state index is -0.473. The maximum absolute atomic E-state index is 13.5. The number of amides is 1. The Labute approximate surface area is 119 Å².